The Kier molecular flexibility index (Phi) is 8.88. The van der Waals surface area contributed by atoms with Crippen molar-refractivity contribution in [3.8, 4) is 0 Å². The lowest BCUT2D eigenvalue weighted by atomic mass is 10.2. The molecule has 2 aromatic carbocycles. The topological polar surface area (TPSA) is 97.0 Å². The van der Waals surface area contributed by atoms with Gasteiger partial charge in [-0.2, -0.15) is 5.10 Å². The highest BCUT2D eigenvalue weighted by Gasteiger charge is 2.10. The molecule has 4 rings (SSSR count). The van der Waals surface area contributed by atoms with Crippen molar-refractivity contribution in [2.75, 3.05) is 11.9 Å². The average molecular weight is 501 g/mol. The van der Waals surface area contributed by atoms with E-state index in [-0.39, 0.29) is 11.9 Å². The first-order valence-electron chi connectivity index (χ1n) is 11.9. The van der Waals surface area contributed by atoms with Crippen LogP contribution in [-0.2, 0) is 14.3 Å². The lowest BCUT2D eigenvalue weighted by Gasteiger charge is -2.11. The number of unbranched alkanes of at least 4 members (excludes halogenated alkanes) is 1. The van der Waals surface area contributed by atoms with Crippen molar-refractivity contribution in [1.29, 1.82) is 0 Å². The highest BCUT2D eigenvalue weighted by molar-refractivity contribution is 7.99. The molecule has 0 bridgehead atoms. The highest BCUT2D eigenvalue weighted by Crippen LogP contribution is 2.35. The van der Waals surface area contributed by atoms with Crippen LogP contribution >= 0.6 is 11.8 Å². The summed E-state index contributed by atoms with van der Waals surface area (Å²) in [6, 6.07) is 19.7. The fourth-order valence-electron chi connectivity index (χ4n) is 3.64. The molecule has 0 fully saturated rings. The van der Waals surface area contributed by atoms with Gasteiger partial charge in [-0.25, -0.2) is 0 Å². The largest absolute Gasteiger partial charge is 0.466 e. The molecule has 0 radical (unpaired) electrons. The van der Waals surface area contributed by atoms with E-state index in [1.807, 2.05) is 60.7 Å². The third kappa shape index (κ3) is 7.05. The minimum absolute atomic E-state index is 0.0692. The Balaban J connectivity index is 1.38. The van der Waals surface area contributed by atoms with Gasteiger partial charge in [0.05, 0.1) is 29.2 Å². The molecule has 36 heavy (non-hydrogen) atoms. The van der Waals surface area contributed by atoms with Gasteiger partial charge < -0.3 is 10.1 Å². The van der Waals surface area contributed by atoms with Crippen LogP contribution in [0.5, 0.6) is 0 Å². The maximum atomic E-state index is 12.5. The van der Waals surface area contributed by atoms with E-state index in [1.165, 1.54) is 0 Å². The number of aromatic nitrogens is 3. The molecule has 1 amide bonds. The van der Waals surface area contributed by atoms with Crippen LogP contribution < -0.4 is 5.32 Å². The van der Waals surface area contributed by atoms with Gasteiger partial charge in [0.1, 0.15) is 0 Å². The van der Waals surface area contributed by atoms with Crippen LogP contribution in [0.3, 0.4) is 0 Å². The Labute approximate surface area is 214 Å². The number of aromatic amines is 1. The van der Waals surface area contributed by atoms with Crippen LogP contribution in [0.25, 0.3) is 23.1 Å². The van der Waals surface area contributed by atoms with Gasteiger partial charge in [0.15, 0.2) is 0 Å². The molecule has 184 valence electrons. The number of carbonyl (C=O) groups is 2. The smallest absolute Gasteiger partial charge is 0.305 e. The van der Waals surface area contributed by atoms with Crippen molar-refractivity contribution in [2.24, 2.45) is 0 Å². The van der Waals surface area contributed by atoms with E-state index in [9.17, 15) is 9.59 Å². The number of hydrogen-bond donors (Lipinski definition) is 2. The maximum Gasteiger partial charge on any atom is 0.305 e. The summed E-state index contributed by atoms with van der Waals surface area (Å²) in [5.41, 5.74) is 3.42. The summed E-state index contributed by atoms with van der Waals surface area (Å²) in [5.74, 6) is -0.287. The summed E-state index contributed by atoms with van der Waals surface area (Å²) in [4.78, 5) is 30.2. The zero-order valence-corrected chi connectivity index (χ0v) is 20.9. The van der Waals surface area contributed by atoms with Crippen LogP contribution in [0.1, 0.15) is 44.0 Å². The lowest BCUT2D eigenvalue weighted by molar-refractivity contribution is -0.143. The molecule has 4 aromatic rings. The predicted molar refractivity (Wildman–Crippen MR) is 144 cm³/mol. The SMILES string of the molecule is CCOC(=O)CCCCC(=O)Nc1ccccc1Sc1ccc2c(C=Cc3ccccn3)n[nH]c2c1. The van der Waals surface area contributed by atoms with Crippen LogP contribution in [-0.4, -0.2) is 33.7 Å². The monoisotopic (exact) mass is 500 g/mol. The second kappa shape index (κ2) is 12.7. The first-order chi connectivity index (χ1) is 17.6. The van der Waals surface area contributed by atoms with Crippen molar-refractivity contribution < 1.29 is 14.3 Å². The first kappa shape index (κ1) is 25.2. The van der Waals surface area contributed by atoms with E-state index in [4.69, 9.17) is 4.74 Å². The minimum Gasteiger partial charge on any atom is -0.466 e. The van der Waals surface area contributed by atoms with E-state index >= 15 is 0 Å². The van der Waals surface area contributed by atoms with E-state index < -0.39 is 0 Å². The van der Waals surface area contributed by atoms with Gasteiger partial charge in [-0.05, 0) is 74.4 Å². The Morgan fingerprint density at radius 3 is 2.69 bits per heavy atom. The van der Waals surface area contributed by atoms with E-state index in [0.717, 1.165) is 37.8 Å². The number of nitrogens with zero attached hydrogens (tertiary/aromatic N) is 2. The van der Waals surface area contributed by atoms with Gasteiger partial charge in [-0.3, -0.25) is 19.7 Å². The number of benzene rings is 2. The number of anilines is 1. The number of para-hydroxylation sites is 1. The minimum atomic E-state index is -0.217. The van der Waals surface area contributed by atoms with Crippen molar-refractivity contribution >= 4 is 52.4 Å². The molecule has 0 aliphatic carbocycles. The van der Waals surface area contributed by atoms with Crippen molar-refractivity contribution in [3.05, 3.63) is 78.2 Å². The molecule has 8 heteroatoms. The van der Waals surface area contributed by atoms with Crippen LogP contribution in [0.2, 0.25) is 0 Å². The molecule has 2 N–H and O–H groups in total. The number of rotatable bonds is 11. The first-order valence-corrected chi connectivity index (χ1v) is 12.7. The van der Waals surface area contributed by atoms with Gasteiger partial charge >= 0.3 is 5.97 Å². The molecule has 2 aromatic heterocycles. The highest BCUT2D eigenvalue weighted by atomic mass is 32.2. The number of pyridine rings is 1. The molecular weight excluding hydrogens is 472 g/mol. The number of ether oxygens (including phenoxy) is 1. The quantitative estimate of drug-likeness (QED) is 0.184. The van der Waals surface area contributed by atoms with Gasteiger partial charge in [0.2, 0.25) is 5.91 Å². The Hall–Kier alpha value is -3.91. The third-order valence-corrected chi connectivity index (χ3v) is 6.46. The van der Waals surface area contributed by atoms with Crippen LogP contribution in [0, 0.1) is 0 Å². The summed E-state index contributed by atoms with van der Waals surface area (Å²) in [6.45, 7) is 2.17. The summed E-state index contributed by atoms with van der Waals surface area (Å²) < 4.78 is 4.92. The molecule has 0 saturated heterocycles. The fraction of sp³-hybridized carbons (Fsp3) is 0.214. The summed E-state index contributed by atoms with van der Waals surface area (Å²) >= 11 is 1.58. The predicted octanol–water partition coefficient (Wildman–Crippen LogP) is 6.34. The molecule has 0 atom stereocenters. The van der Waals surface area contributed by atoms with E-state index in [0.29, 0.717) is 32.3 Å². The number of hydrogen-bond acceptors (Lipinski definition) is 6. The Morgan fingerprint density at radius 2 is 1.86 bits per heavy atom. The Morgan fingerprint density at radius 1 is 1.03 bits per heavy atom. The molecule has 0 aliphatic heterocycles. The van der Waals surface area contributed by atoms with Gasteiger partial charge in [-0.15, -0.1) is 0 Å². The number of H-pyrrole nitrogens is 1. The standard InChI is InChI=1S/C28H28N4O3S/c1-2-35-28(34)13-6-5-12-27(33)30-24-10-3-4-11-26(24)36-21-15-16-22-23(31-32-25(22)19-21)17-14-20-9-7-8-18-29-20/h3-4,7-11,14-19H,2,5-6,12-13H2,1H3,(H,30,33)(H,31,32). The summed E-state index contributed by atoms with van der Waals surface area (Å²) in [6.07, 6.45) is 7.61. The second-order valence-corrected chi connectivity index (χ2v) is 9.18. The molecule has 0 unspecified atom stereocenters. The molecule has 0 aliphatic rings. The third-order valence-electron chi connectivity index (χ3n) is 5.39. The average Bonchev–Trinajstić information content (AvgIpc) is 3.29. The number of amides is 1. The molecule has 7 nitrogen and oxygen atoms in total. The molecule has 0 saturated carbocycles. The number of carbonyl (C=O) groups excluding carboxylic acids is 2. The van der Waals surface area contributed by atoms with Gasteiger partial charge in [0.25, 0.3) is 0 Å². The van der Waals surface area contributed by atoms with Crippen LogP contribution in [0.4, 0.5) is 5.69 Å². The lowest BCUT2D eigenvalue weighted by Crippen LogP contribution is -2.12. The zero-order chi connectivity index (χ0) is 25.2. The zero-order valence-electron chi connectivity index (χ0n) is 20.1. The normalized spacial score (nSPS) is 11.1. The number of nitrogens with one attached hydrogen (secondary N) is 2. The second-order valence-electron chi connectivity index (χ2n) is 8.06. The maximum absolute atomic E-state index is 12.5. The van der Waals surface area contributed by atoms with E-state index in [2.05, 4.69) is 32.6 Å². The van der Waals surface area contributed by atoms with Gasteiger partial charge in [-0.1, -0.05) is 30.0 Å². The molecular formula is C28H28N4O3S. The number of esters is 1. The number of fused-ring (bicyclic) bond motifs is 1. The Bertz CT molecular complexity index is 1350. The molecule has 2 heterocycles. The fourth-order valence-corrected chi connectivity index (χ4v) is 4.58. The summed E-state index contributed by atoms with van der Waals surface area (Å²) in [5, 5.41) is 11.6. The van der Waals surface area contributed by atoms with Crippen molar-refractivity contribution in [2.45, 2.75) is 42.4 Å². The van der Waals surface area contributed by atoms with E-state index in [1.54, 1.807) is 24.9 Å². The van der Waals surface area contributed by atoms with Crippen LogP contribution in [0.15, 0.2) is 76.7 Å². The van der Waals surface area contributed by atoms with Crippen molar-refractivity contribution in [1.82, 2.24) is 15.2 Å². The summed E-state index contributed by atoms with van der Waals surface area (Å²) in [7, 11) is 0. The van der Waals surface area contributed by atoms with Gasteiger partial charge in [0, 0.05) is 34.2 Å². The molecule has 0 spiro atoms. The van der Waals surface area contributed by atoms with Crippen molar-refractivity contribution in [3.63, 3.8) is 0 Å².